The zero-order chi connectivity index (χ0) is 12.7. The average Bonchev–Trinajstić information content (AvgIpc) is 2.36. The van der Waals surface area contributed by atoms with Gasteiger partial charge < -0.3 is 5.32 Å². The van der Waals surface area contributed by atoms with Crippen molar-refractivity contribution < 1.29 is 21.6 Å². The summed E-state index contributed by atoms with van der Waals surface area (Å²) >= 11 is 0. The van der Waals surface area contributed by atoms with Gasteiger partial charge in [0.25, 0.3) is 0 Å². The molecular formula is C10H16F3NO2S. The molecule has 17 heavy (non-hydrogen) atoms. The van der Waals surface area contributed by atoms with Crippen LogP contribution in [0.2, 0.25) is 0 Å². The highest BCUT2D eigenvalue weighted by Gasteiger charge is 2.48. The van der Waals surface area contributed by atoms with Gasteiger partial charge in [-0.1, -0.05) is 0 Å². The minimum Gasteiger partial charge on any atom is -0.313 e. The molecule has 3 atom stereocenters. The number of hydrogen-bond acceptors (Lipinski definition) is 3. The molecule has 1 aliphatic heterocycles. The quantitative estimate of drug-likeness (QED) is 0.726. The van der Waals surface area contributed by atoms with Gasteiger partial charge in [0.1, 0.15) is 0 Å². The van der Waals surface area contributed by atoms with E-state index >= 15 is 0 Å². The second-order valence-electron chi connectivity index (χ2n) is 4.87. The first-order valence-electron chi connectivity index (χ1n) is 5.82. The smallest absolute Gasteiger partial charge is 0.313 e. The first kappa shape index (κ1) is 13.1. The molecule has 1 heterocycles. The fourth-order valence-corrected chi connectivity index (χ4v) is 4.88. The lowest BCUT2D eigenvalue weighted by Crippen LogP contribution is -2.48. The maximum atomic E-state index is 12.6. The fraction of sp³-hybridized carbons (Fsp3) is 1.00. The Labute approximate surface area is 98.7 Å². The monoisotopic (exact) mass is 271 g/mol. The number of halogens is 3. The van der Waals surface area contributed by atoms with Gasteiger partial charge in [0.05, 0.1) is 16.9 Å². The van der Waals surface area contributed by atoms with Crippen molar-refractivity contribution in [1.29, 1.82) is 0 Å². The summed E-state index contributed by atoms with van der Waals surface area (Å²) in [6.45, 7) is 0.580. The molecule has 0 amide bonds. The van der Waals surface area contributed by atoms with Crippen LogP contribution in [0, 0.1) is 5.92 Å². The Morgan fingerprint density at radius 1 is 1.18 bits per heavy atom. The van der Waals surface area contributed by atoms with E-state index in [1.54, 1.807) is 0 Å². The first-order valence-corrected chi connectivity index (χ1v) is 7.54. The Hall–Kier alpha value is -0.300. The average molecular weight is 271 g/mol. The maximum absolute atomic E-state index is 12.6. The van der Waals surface area contributed by atoms with Crippen molar-refractivity contribution in [2.75, 3.05) is 12.3 Å². The molecule has 3 unspecified atom stereocenters. The van der Waals surface area contributed by atoms with Gasteiger partial charge in [-0.25, -0.2) is 8.42 Å². The van der Waals surface area contributed by atoms with Crippen molar-refractivity contribution in [3.05, 3.63) is 0 Å². The second kappa shape index (κ2) is 4.42. The molecule has 100 valence electrons. The predicted molar refractivity (Wildman–Crippen MR) is 57.4 cm³/mol. The molecule has 0 aromatic heterocycles. The molecule has 3 nitrogen and oxygen atoms in total. The zero-order valence-corrected chi connectivity index (χ0v) is 10.1. The number of fused-ring (bicyclic) bond motifs is 1. The van der Waals surface area contributed by atoms with Crippen LogP contribution in [0.1, 0.15) is 25.7 Å². The summed E-state index contributed by atoms with van der Waals surface area (Å²) in [6.07, 6.45) is -3.72. The normalized spacial score (nSPS) is 38.2. The molecule has 7 heteroatoms. The molecule has 0 radical (unpaired) electrons. The third kappa shape index (κ3) is 2.76. The Bertz CT molecular complexity index is 380. The van der Waals surface area contributed by atoms with Gasteiger partial charge >= 0.3 is 6.18 Å². The largest absolute Gasteiger partial charge is 0.391 e. The van der Waals surface area contributed by atoms with Crippen LogP contribution in [-0.2, 0) is 9.84 Å². The lowest BCUT2D eigenvalue weighted by Gasteiger charge is -2.35. The Morgan fingerprint density at radius 2 is 1.88 bits per heavy atom. The summed E-state index contributed by atoms with van der Waals surface area (Å²) in [5.41, 5.74) is 0. The van der Waals surface area contributed by atoms with E-state index in [9.17, 15) is 21.6 Å². The van der Waals surface area contributed by atoms with E-state index in [0.29, 0.717) is 19.4 Å². The minimum absolute atomic E-state index is 0.00570. The van der Waals surface area contributed by atoms with Crippen LogP contribution in [0.3, 0.4) is 0 Å². The van der Waals surface area contributed by atoms with Gasteiger partial charge in [-0.15, -0.1) is 0 Å². The Kier molecular flexibility index (Phi) is 3.42. The van der Waals surface area contributed by atoms with E-state index < -0.39 is 27.2 Å². The number of rotatable bonds is 0. The van der Waals surface area contributed by atoms with Crippen LogP contribution < -0.4 is 5.32 Å². The van der Waals surface area contributed by atoms with E-state index in [1.165, 1.54) is 0 Å². The third-order valence-electron chi connectivity index (χ3n) is 3.73. The predicted octanol–water partition coefficient (Wildman–Crippen LogP) is 1.49. The van der Waals surface area contributed by atoms with E-state index in [2.05, 4.69) is 5.32 Å². The van der Waals surface area contributed by atoms with Crippen LogP contribution in [0.5, 0.6) is 0 Å². The SMILES string of the molecule is O=S1(=O)CCCNC2CCC(C(F)(F)F)CC21. The summed E-state index contributed by atoms with van der Waals surface area (Å²) in [5, 5.41) is 2.21. The maximum Gasteiger partial charge on any atom is 0.391 e. The lowest BCUT2D eigenvalue weighted by molar-refractivity contribution is -0.182. The molecule has 1 saturated carbocycles. The van der Waals surface area contributed by atoms with Gasteiger partial charge in [-0.05, 0) is 32.2 Å². The van der Waals surface area contributed by atoms with E-state index in [0.717, 1.165) is 0 Å². The van der Waals surface area contributed by atoms with Crippen molar-refractivity contribution in [1.82, 2.24) is 5.32 Å². The van der Waals surface area contributed by atoms with E-state index in [4.69, 9.17) is 0 Å². The van der Waals surface area contributed by atoms with Gasteiger partial charge in [-0.2, -0.15) is 13.2 Å². The fourth-order valence-electron chi connectivity index (χ4n) is 2.77. The molecule has 1 aliphatic carbocycles. The molecule has 0 spiro atoms. The standard InChI is InChI=1S/C10H16F3NO2S/c11-10(12,13)7-2-3-8-9(6-7)17(15,16)5-1-4-14-8/h7-9,14H,1-6H2. The molecule has 0 aromatic carbocycles. The minimum atomic E-state index is -4.27. The second-order valence-corrected chi connectivity index (χ2v) is 7.21. The molecule has 2 rings (SSSR count). The highest BCUT2D eigenvalue weighted by molar-refractivity contribution is 7.92. The number of sulfone groups is 1. The van der Waals surface area contributed by atoms with Gasteiger partial charge in [-0.3, -0.25) is 0 Å². The Balaban J connectivity index is 2.20. The summed E-state index contributed by atoms with van der Waals surface area (Å²) in [6, 6.07) is -0.291. The first-order chi connectivity index (χ1) is 7.81. The number of hydrogen-bond donors (Lipinski definition) is 1. The van der Waals surface area contributed by atoms with Crippen LogP contribution in [0.4, 0.5) is 13.2 Å². The molecule has 1 saturated heterocycles. The Morgan fingerprint density at radius 3 is 2.53 bits per heavy atom. The molecular weight excluding hydrogens is 255 g/mol. The van der Waals surface area contributed by atoms with Crippen LogP contribution in [0.15, 0.2) is 0 Å². The van der Waals surface area contributed by atoms with Crippen LogP contribution in [-0.4, -0.2) is 38.2 Å². The van der Waals surface area contributed by atoms with Crippen LogP contribution >= 0.6 is 0 Å². The summed E-state index contributed by atoms with van der Waals surface area (Å²) in [7, 11) is -3.38. The van der Waals surface area contributed by atoms with Gasteiger partial charge in [0.15, 0.2) is 9.84 Å². The van der Waals surface area contributed by atoms with Crippen molar-refractivity contribution >= 4 is 9.84 Å². The highest BCUT2D eigenvalue weighted by Crippen LogP contribution is 2.40. The molecule has 2 fully saturated rings. The van der Waals surface area contributed by atoms with Crippen LogP contribution in [0.25, 0.3) is 0 Å². The van der Waals surface area contributed by atoms with E-state index in [-0.39, 0.29) is 24.6 Å². The summed E-state index contributed by atoms with van der Waals surface area (Å²) in [5.74, 6) is -1.45. The molecule has 0 bridgehead atoms. The van der Waals surface area contributed by atoms with Crippen molar-refractivity contribution in [3.8, 4) is 0 Å². The highest BCUT2D eigenvalue weighted by atomic mass is 32.2. The summed E-state index contributed by atoms with van der Waals surface area (Å²) < 4.78 is 61.7. The van der Waals surface area contributed by atoms with Gasteiger partial charge in [0.2, 0.25) is 0 Å². The molecule has 2 aliphatic rings. The molecule has 0 aromatic rings. The number of nitrogens with one attached hydrogen (secondary N) is 1. The van der Waals surface area contributed by atoms with Crippen molar-refractivity contribution in [3.63, 3.8) is 0 Å². The lowest BCUT2D eigenvalue weighted by atomic mass is 9.85. The van der Waals surface area contributed by atoms with E-state index in [1.807, 2.05) is 0 Å². The third-order valence-corrected chi connectivity index (χ3v) is 6.03. The topological polar surface area (TPSA) is 46.2 Å². The van der Waals surface area contributed by atoms with Crippen molar-refractivity contribution in [2.45, 2.75) is 43.2 Å². The van der Waals surface area contributed by atoms with Gasteiger partial charge in [0, 0.05) is 6.04 Å². The molecule has 1 N–H and O–H groups in total. The summed E-state index contributed by atoms with van der Waals surface area (Å²) in [4.78, 5) is 0. The van der Waals surface area contributed by atoms with Crippen molar-refractivity contribution in [2.24, 2.45) is 5.92 Å². The zero-order valence-electron chi connectivity index (χ0n) is 9.33. The number of alkyl halides is 3.